The SMILES string of the molecule is O=S(=O)(CCC1CC1)NCCCc1ccccc1. The van der Waals surface area contributed by atoms with Crippen LogP contribution in [-0.4, -0.2) is 20.7 Å². The number of benzene rings is 1. The number of sulfonamides is 1. The number of aryl methyl sites for hydroxylation is 1. The van der Waals surface area contributed by atoms with Crippen LogP contribution in [0.15, 0.2) is 30.3 Å². The molecular formula is C14H21NO2S. The first kappa shape index (κ1) is 13.6. The third-order valence-corrected chi connectivity index (χ3v) is 4.72. The quantitative estimate of drug-likeness (QED) is 0.735. The fraction of sp³-hybridized carbons (Fsp3) is 0.571. The standard InChI is InChI=1S/C14H21NO2S/c16-18(17,12-10-14-8-9-14)15-11-4-7-13-5-2-1-3-6-13/h1-3,5-6,14-15H,4,7-12H2. The van der Waals surface area contributed by atoms with Crippen molar-refractivity contribution in [3.8, 4) is 0 Å². The van der Waals surface area contributed by atoms with E-state index in [1.54, 1.807) is 0 Å². The Balaban J connectivity index is 1.62. The Morgan fingerprint density at radius 2 is 1.89 bits per heavy atom. The van der Waals surface area contributed by atoms with Gasteiger partial charge < -0.3 is 0 Å². The van der Waals surface area contributed by atoms with Gasteiger partial charge in [0.1, 0.15) is 0 Å². The molecule has 2 rings (SSSR count). The van der Waals surface area contributed by atoms with Crippen LogP contribution >= 0.6 is 0 Å². The minimum Gasteiger partial charge on any atom is -0.215 e. The maximum Gasteiger partial charge on any atom is 0.211 e. The minimum absolute atomic E-state index is 0.295. The molecule has 0 aliphatic heterocycles. The highest BCUT2D eigenvalue weighted by Crippen LogP contribution is 2.32. The molecule has 1 N–H and O–H groups in total. The van der Waals surface area contributed by atoms with E-state index in [0.717, 1.165) is 19.3 Å². The topological polar surface area (TPSA) is 46.2 Å². The average Bonchev–Trinajstić information content (AvgIpc) is 3.18. The summed E-state index contributed by atoms with van der Waals surface area (Å²) < 4.78 is 26.0. The van der Waals surface area contributed by atoms with Crippen LogP contribution in [0.4, 0.5) is 0 Å². The number of nitrogens with one attached hydrogen (secondary N) is 1. The lowest BCUT2D eigenvalue weighted by Gasteiger charge is -2.06. The summed E-state index contributed by atoms with van der Waals surface area (Å²) in [5, 5.41) is 0. The smallest absolute Gasteiger partial charge is 0.211 e. The molecule has 1 fully saturated rings. The maximum atomic E-state index is 11.7. The van der Waals surface area contributed by atoms with E-state index >= 15 is 0 Å². The van der Waals surface area contributed by atoms with Crippen LogP contribution in [0.5, 0.6) is 0 Å². The zero-order valence-electron chi connectivity index (χ0n) is 10.6. The first-order valence-electron chi connectivity index (χ1n) is 6.67. The van der Waals surface area contributed by atoms with E-state index in [2.05, 4.69) is 16.9 Å². The molecule has 0 unspecified atom stereocenters. The summed E-state index contributed by atoms with van der Waals surface area (Å²) in [6.07, 6.45) is 5.03. The van der Waals surface area contributed by atoms with Gasteiger partial charge in [0.25, 0.3) is 0 Å². The van der Waals surface area contributed by atoms with Gasteiger partial charge in [-0.15, -0.1) is 0 Å². The molecule has 3 nitrogen and oxygen atoms in total. The van der Waals surface area contributed by atoms with Crippen molar-refractivity contribution in [2.75, 3.05) is 12.3 Å². The summed E-state index contributed by atoms with van der Waals surface area (Å²) in [5.74, 6) is 0.967. The Kier molecular flexibility index (Phi) is 4.78. The van der Waals surface area contributed by atoms with Crippen LogP contribution in [-0.2, 0) is 16.4 Å². The molecule has 0 spiro atoms. The molecule has 0 radical (unpaired) electrons. The predicted molar refractivity (Wildman–Crippen MR) is 73.9 cm³/mol. The van der Waals surface area contributed by atoms with E-state index < -0.39 is 10.0 Å². The molecule has 1 aromatic carbocycles. The van der Waals surface area contributed by atoms with Crippen molar-refractivity contribution in [3.05, 3.63) is 35.9 Å². The van der Waals surface area contributed by atoms with Crippen LogP contribution in [0.25, 0.3) is 0 Å². The Bertz CT molecular complexity index is 452. The van der Waals surface area contributed by atoms with Gasteiger partial charge in [0.05, 0.1) is 5.75 Å². The second kappa shape index (κ2) is 6.34. The first-order valence-corrected chi connectivity index (χ1v) is 8.32. The van der Waals surface area contributed by atoms with E-state index in [0.29, 0.717) is 18.2 Å². The number of rotatable bonds is 8. The lowest BCUT2D eigenvalue weighted by molar-refractivity contribution is 0.573. The van der Waals surface area contributed by atoms with Gasteiger partial charge >= 0.3 is 0 Å². The van der Waals surface area contributed by atoms with Crippen molar-refractivity contribution < 1.29 is 8.42 Å². The average molecular weight is 267 g/mol. The number of hydrogen-bond acceptors (Lipinski definition) is 2. The lowest BCUT2D eigenvalue weighted by atomic mass is 10.1. The highest BCUT2D eigenvalue weighted by Gasteiger charge is 2.23. The molecule has 1 aliphatic rings. The predicted octanol–water partition coefficient (Wildman–Crippen LogP) is 2.34. The molecule has 100 valence electrons. The highest BCUT2D eigenvalue weighted by molar-refractivity contribution is 7.89. The van der Waals surface area contributed by atoms with Crippen molar-refractivity contribution in [2.24, 2.45) is 5.92 Å². The van der Waals surface area contributed by atoms with E-state index in [9.17, 15) is 8.42 Å². The lowest BCUT2D eigenvalue weighted by Crippen LogP contribution is -2.27. The van der Waals surface area contributed by atoms with Crippen LogP contribution in [0, 0.1) is 5.92 Å². The largest absolute Gasteiger partial charge is 0.215 e. The fourth-order valence-electron chi connectivity index (χ4n) is 1.97. The van der Waals surface area contributed by atoms with E-state index in [1.165, 1.54) is 18.4 Å². The van der Waals surface area contributed by atoms with E-state index in [1.807, 2.05) is 18.2 Å². The summed E-state index contributed by atoms with van der Waals surface area (Å²) in [7, 11) is -3.04. The Labute approximate surface area is 110 Å². The summed E-state index contributed by atoms with van der Waals surface area (Å²) >= 11 is 0. The summed E-state index contributed by atoms with van der Waals surface area (Å²) in [4.78, 5) is 0. The molecule has 0 atom stereocenters. The molecule has 1 saturated carbocycles. The molecule has 0 saturated heterocycles. The van der Waals surface area contributed by atoms with E-state index in [-0.39, 0.29) is 0 Å². The van der Waals surface area contributed by atoms with Crippen LogP contribution in [0.2, 0.25) is 0 Å². The van der Waals surface area contributed by atoms with E-state index in [4.69, 9.17) is 0 Å². The Morgan fingerprint density at radius 3 is 2.56 bits per heavy atom. The molecule has 1 aromatic rings. The normalized spacial score (nSPS) is 15.8. The van der Waals surface area contributed by atoms with Gasteiger partial charge in [-0.05, 0) is 30.7 Å². The maximum absolute atomic E-state index is 11.7. The zero-order chi connectivity index (χ0) is 12.8. The van der Waals surface area contributed by atoms with Crippen molar-refractivity contribution in [1.29, 1.82) is 0 Å². The molecule has 18 heavy (non-hydrogen) atoms. The molecule has 4 heteroatoms. The van der Waals surface area contributed by atoms with Gasteiger partial charge in [-0.2, -0.15) is 0 Å². The second-order valence-electron chi connectivity index (χ2n) is 5.03. The van der Waals surface area contributed by atoms with Crippen molar-refractivity contribution >= 4 is 10.0 Å². The summed E-state index contributed by atoms with van der Waals surface area (Å²) in [5.41, 5.74) is 1.26. The van der Waals surface area contributed by atoms with Gasteiger partial charge in [0.2, 0.25) is 10.0 Å². The first-order chi connectivity index (χ1) is 8.66. The molecule has 0 bridgehead atoms. The third kappa shape index (κ3) is 5.19. The van der Waals surface area contributed by atoms with Crippen molar-refractivity contribution in [3.63, 3.8) is 0 Å². The van der Waals surface area contributed by atoms with Gasteiger partial charge in [0.15, 0.2) is 0 Å². The van der Waals surface area contributed by atoms with Crippen LogP contribution in [0.3, 0.4) is 0 Å². The summed E-state index contributed by atoms with van der Waals surface area (Å²) in [6.45, 7) is 0.544. The van der Waals surface area contributed by atoms with Gasteiger partial charge in [-0.3, -0.25) is 0 Å². The second-order valence-corrected chi connectivity index (χ2v) is 6.96. The number of hydrogen-bond donors (Lipinski definition) is 1. The van der Waals surface area contributed by atoms with Crippen LogP contribution < -0.4 is 4.72 Å². The molecule has 0 amide bonds. The van der Waals surface area contributed by atoms with Crippen molar-refractivity contribution in [1.82, 2.24) is 4.72 Å². The van der Waals surface area contributed by atoms with Crippen LogP contribution in [0.1, 0.15) is 31.2 Å². The summed E-state index contributed by atoms with van der Waals surface area (Å²) in [6, 6.07) is 10.2. The fourth-order valence-corrected chi connectivity index (χ4v) is 3.21. The van der Waals surface area contributed by atoms with Crippen molar-refractivity contribution in [2.45, 2.75) is 32.1 Å². The van der Waals surface area contributed by atoms with Gasteiger partial charge in [-0.25, -0.2) is 13.1 Å². The monoisotopic (exact) mass is 267 g/mol. The minimum atomic E-state index is -3.04. The third-order valence-electron chi connectivity index (χ3n) is 3.30. The highest BCUT2D eigenvalue weighted by atomic mass is 32.2. The molecule has 1 aliphatic carbocycles. The zero-order valence-corrected chi connectivity index (χ0v) is 11.5. The van der Waals surface area contributed by atoms with Gasteiger partial charge in [-0.1, -0.05) is 43.2 Å². The molecular weight excluding hydrogens is 246 g/mol. The van der Waals surface area contributed by atoms with Gasteiger partial charge in [0, 0.05) is 6.54 Å². The molecule has 0 heterocycles. The Hall–Kier alpha value is -0.870. The molecule has 0 aromatic heterocycles. The Morgan fingerprint density at radius 1 is 1.17 bits per heavy atom.